The quantitative estimate of drug-likeness (QED) is 0.743. The van der Waals surface area contributed by atoms with Gasteiger partial charge in [0.05, 0.1) is 5.39 Å². The Balaban J connectivity index is 2.06. The zero-order valence-corrected chi connectivity index (χ0v) is 16.1. The Morgan fingerprint density at radius 2 is 2.26 bits per heavy atom. The Morgan fingerprint density at radius 3 is 2.93 bits per heavy atom. The van der Waals surface area contributed by atoms with Gasteiger partial charge in [0.2, 0.25) is 0 Å². The number of nitrogens with zero attached hydrogens (tertiary/aromatic N) is 3. The van der Waals surface area contributed by atoms with E-state index in [0.717, 1.165) is 24.8 Å². The topological polar surface area (TPSA) is 85.1 Å². The first-order valence-electron chi connectivity index (χ1n) is 9.22. The van der Waals surface area contributed by atoms with Crippen LogP contribution in [-0.4, -0.2) is 25.6 Å². The lowest BCUT2D eigenvalue weighted by Crippen LogP contribution is -2.32. The standard InChI is InChI=1S/C20H21N3O3S/c1-3-14(20(25)26)23-17(13-6-4-5-9-21-13)22-18-16(19(23)24)12-8-7-11(2)10-15(12)27-18/h4-6,9,11,14H,3,7-8,10H2,1-2H3,(H,25,26). The van der Waals surface area contributed by atoms with Gasteiger partial charge in [-0.3, -0.25) is 14.3 Å². The second-order valence-corrected chi connectivity index (χ2v) is 8.20. The van der Waals surface area contributed by atoms with Crippen molar-refractivity contribution in [1.82, 2.24) is 14.5 Å². The number of carboxylic acids is 1. The Bertz CT molecular complexity index is 1070. The molecule has 4 rings (SSSR count). The maximum absolute atomic E-state index is 13.5. The van der Waals surface area contributed by atoms with Crippen LogP contribution in [0.4, 0.5) is 0 Å². The zero-order chi connectivity index (χ0) is 19.1. The fourth-order valence-corrected chi connectivity index (χ4v) is 5.21. The van der Waals surface area contributed by atoms with E-state index >= 15 is 0 Å². The molecule has 3 aromatic heterocycles. The van der Waals surface area contributed by atoms with Crippen molar-refractivity contribution in [3.05, 3.63) is 45.2 Å². The highest BCUT2D eigenvalue weighted by atomic mass is 32.1. The highest BCUT2D eigenvalue weighted by molar-refractivity contribution is 7.18. The molecule has 0 saturated heterocycles. The summed E-state index contributed by atoms with van der Waals surface area (Å²) in [5, 5.41) is 10.3. The molecule has 0 bridgehead atoms. The molecule has 3 aromatic rings. The molecule has 3 heterocycles. The first-order valence-corrected chi connectivity index (χ1v) is 10.0. The molecule has 1 aliphatic rings. The molecule has 140 valence electrons. The first-order chi connectivity index (χ1) is 13.0. The van der Waals surface area contributed by atoms with Crippen molar-refractivity contribution in [3.8, 4) is 11.5 Å². The second-order valence-electron chi connectivity index (χ2n) is 7.12. The number of hydrogen-bond acceptors (Lipinski definition) is 5. The third kappa shape index (κ3) is 2.96. The molecule has 0 saturated carbocycles. The van der Waals surface area contributed by atoms with E-state index in [0.29, 0.717) is 34.1 Å². The number of carbonyl (C=O) groups is 1. The molecule has 0 aliphatic heterocycles. The summed E-state index contributed by atoms with van der Waals surface area (Å²) in [6.07, 6.45) is 4.76. The highest BCUT2D eigenvalue weighted by Gasteiger charge is 2.29. The van der Waals surface area contributed by atoms with E-state index in [9.17, 15) is 14.7 Å². The first kappa shape index (κ1) is 17.9. The van der Waals surface area contributed by atoms with E-state index in [1.807, 2.05) is 6.07 Å². The van der Waals surface area contributed by atoms with E-state index < -0.39 is 12.0 Å². The molecular weight excluding hydrogens is 362 g/mol. The van der Waals surface area contributed by atoms with Crippen molar-refractivity contribution < 1.29 is 9.90 Å². The van der Waals surface area contributed by atoms with Gasteiger partial charge in [-0.05, 0) is 49.3 Å². The number of aryl methyl sites for hydroxylation is 1. The van der Waals surface area contributed by atoms with Crippen LogP contribution < -0.4 is 5.56 Å². The van der Waals surface area contributed by atoms with Crippen LogP contribution in [0.2, 0.25) is 0 Å². The number of carboxylic acid groups (broad SMARTS) is 1. The van der Waals surface area contributed by atoms with Gasteiger partial charge in [-0.25, -0.2) is 9.78 Å². The van der Waals surface area contributed by atoms with Crippen LogP contribution in [0.15, 0.2) is 29.2 Å². The van der Waals surface area contributed by atoms with E-state index in [-0.39, 0.29) is 5.56 Å². The minimum absolute atomic E-state index is 0.262. The number of thiophene rings is 1. The fraction of sp³-hybridized carbons (Fsp3) is 0.400. The molecule has 2 unspecified atom stereocenters. The molecule has 1 N–H and O–H groups in total. The van der Waals surface area contributed by atoms with Crippen molar-refractivity contribution in [3.63, 3.8) is 0 Å². The Morgan fingerprint density at radius 1 is 1.44 bits per heavy atom. The van der Waals surface area contributed by atoms with Gasteiger partial charge in [0.15, 0.2) is 5.82 Å². The molecule has 0 fully saturated rings. The molecule has 0 aromatic carbocycles. The summed E-state index contributed by atoms with van der Waals surface area (Å²) < 4.78 is 1.33. The minimum Gasteiger partial charge on any atom is -0.480 e. The van der Waals surface area contributed by atoms with Crippen molar-refractivity contribution >= 4 is 27.5 Å². The SMILES string of the molecule is CCC(C(=O)O)n1c(-c2ccccn2)nc2sc3c(c2c1=O)CCC(C)C3. The number of aromatic nitrogens is 3. The van der Waals surface area contributed by atoms with Gasteiger partial charge in [-0.15, -0.1) is 11.3 Å². The van der Waals surface area contributed by atoms with Crippen LogP contribution in [0.25, 0.3) is 21.7 Å². The summed E-state index contributed by atoms with van der Waals surface area (Å²) >= 11 is 1.56. The molecule has 6 nitrogen and oxygen atoms in total. The molecule has 27 heavy (non-hydrogen) atoms. The third-order valence-electron chi connectivity index (χ3n) is 5.24. The lowest BCUT2D eigenvalue weighted by atomic mass is 9.89. The molecule has 0 amide bonds. The second kappa shape index (κ2) is 6.88. The Kier molecular flexibility index (Phi) is 4.55. The van der Waals surface area contributed by atoms with E-state index in [1.165, 1.54) is 9.44 Å². The predicted octanol–water partition coefficient (Wildman–Crippen LogP) is 3.68. The third-order valence-corrected chi connectivity index (χ3v) is 6.39. The largest absolute Gasteiger partial charge is 0.480 e. The molecule has 0 spiro atoms. The van der Waals surface area contributed by atoms with Crippen LogP contribution in [-0.2, 0) is 17.6 Å². The molecule has 1 aliphatic carbocycles. The summed E-state index contributed by atoms with van der Waals surface area (Å²) in [6.45, 7) is 3.98. The maximum atomic E-state index is 13.5. The van der Waals surface area contributed by atoms with E-state index in [2.05, 4.69) is 11.9 Å². The van der Waals surface area contributed by atoms with Gasteiger partial charge in [0, 0.05) is 11.1 Å². The predicted molar refractivity (Wildman–Crippen MR) is 105 cm³/mol. The average Bonchev–Trinajstić information content (AvgIpc) is 3.02. The molecular formula is C20H21N3O3S. The normalized spacial score (nSPS) is 17.6. The zero-order valence-electron chi connectivity index (χ0n) is 15.3. The van der Waals surface area contributed by atoms with Crippen LogP contribution in [0.1, 0.15) is 43.2 Å². The van der Waals surface area contributed by atoms with Gasteiger partial charge in [-0.2, -0.15) is 0 Å². The summed E-state index contributed by atoms with van der Waals surface area (Å²) in [4.78, 5) is 36.3. The number of aliphatic carboxylic acids is 1. The lowest BCUT2D eigenvalue weighted by molar-refractivity contribution is -0.141. The van der Waals surface area contributed by atoms with Crippen molar-refractivity contribution in [1.29, 1.82) is 0 Å². The van der Waals surface area contributed by atoms with Gasteiger partial charge in [0.1, 0.15) is 16.6 Å². The molecule has 2 atom stereocenters. The van der Waals surface area contributed by atoms with Crippen LogP contribution in [0.3, 0.4) is 0 Å². The minimum atomic E-state index is -1.03. The van der Waals surface area contributed by atoms with Crippen LogP contribution >= 0.6 is 11.3 Å². The van der Waals surface area contributed by atoms with E-state index in [1.54, 1.807) is 36.6 Å². The number of hydrogen-bond donors (Lipinski definition) is 1. The van der Waals surface area contributed by atoms with Gasteiger partial charge in [0.25, 0.3) is 5.56 Å². The number of rotatable bonds is 4. The lowest BCUT2D eigenvalue weighted by Gasteiger charge is -2.19. The Labute approximate surface area is 160 Å². The van der Waals surface area contributed by atoms with Crippen LogP contribution in [0, 0.1) is 5.92 Å². The summed E-state index contributed by atoms with van der Waals surface area (Å²) in [6, 6.07) is 4.38. The number of pyridine rings is 1. The fourth-order valence-electron chi connectivity index (χ4n) is 3.83. The highest BCUT2D eigenvalue weighted by Crippen LogP contribution is 2.37. The monoisotopic (exact) mass is 383 g/mol. The van der Waals surface area contributed by atoms with Gasteiger partial charge >= 0.3 is 5.97 Å². The van der Waals surface area contributed by atoms with Crippen molar-refractivity contribution in [2.75, 3.05) is 0 Å². The Hall–Kier alpha value is -2.54. The molecule has 0 radical (unpaired) electrons. The van der Waals surface area contributed by atoms with Crippen molar-refractivity contribution in [2.45, 2.75) is 45.6 Å². The van der Waals surface area contributed by atoms with E-state index in [4.69, 9.17) is 4.98 Å². The maximum Gasteiger partial charge on any atom is 0.326 e. The van der Waals surface area contributed by atoms with Crippen LogP contribution in [0.5, 0.6) is 0 Å². The number of fused-ring (bicyclic) bond motifs is 3. The summed E-state index contributed by atoms with van der Waals surface area (Å²) in [5.41, 5.74) is 1.31. The smallest absolute Gasteiger partial charge is 0.326 e. The average molecular weight is 383 g/mol. The van der Waals surface area contributed by atoms with Gasteiger partial charge < -0.3 is 5.11 Å². The summed E-state index contributed by atoms with van der Waals surface area (Å²) in [7, 11) is 0. The van der Waals surface area contributed by atoms with Crippen molar-refractivity contribution in [2.24, 2.45) is 5.92 Å². The molecule has 7 heteroatoms. The van der Waals surface area contributed by atoms with Gasteiger partial charge in [-0.1, -0.05) is 19.9 Å². The summed E-state index contributed by atoms with van der Waals surface area (Å²) in [5.74, 6) is -0.116.